The summed E-state index contributed by atoms with van der Waals surface area (Å²) in [5.41, 5.74) is 0.345. The van der Waals surface area contributed by atoms with E-state index in [0.717, 1.165) is 37.8 Å². The molecular weight excluding hydrogens is 383 g/mol. The van der Waals surface area contributed by atoms with Crippen molar-refractivity contribution in [3.8, 4) is 5.75 Å². The quantitative estimate of drug-likeness (QED) is 0.822. The summed E-state index contributed by atoms with van der Waals surface area (Å²) in [7, 11) is -2.84. The summed E-state index contributed by atoms with van der Waals surface area (Å²) in [6, 6.07) is 9.87. The molecule has 0 radical (unpaired) electrons. The first-order chi connectivity index (χ1) is 13.4. The van der Waals surface area contributed by atoms with Crippen molar-refractivity contribution < 1.29 is 22.3 Å². The highest BCUT2D eigenvalue weighted by Gasteiger charge is 2.24. The van der Waals surface area contributed by atoms with Crippen LogP contribution in [0.2, 0.25) is 0 Å². The lowest BCUT2D eigenvalue weighted by molar-refractivity contribution is 0.0761. The molecule has 2 aromatic carbocycles. The van der Waals surface area contributed by atoms with E-state index in [1.807, 2.05) is 0 Å². The number of rotatable bonds is 5. The maximum absolute atomic E-state index is 14.3. The average Bonchev–Trinajstić information content (AvgIpc) is 2.97. The molecule has 3 rings (SSSR count). The third-order valence-corrected chi connectivity index (χ3v) is 6.09. The van der Waals surface area contributed by atoms with E-state index < -0.39 is 20.7 Å². The number of carbonyl (C=O) groups excluding carboxylic acids is 1. The Labute approximate surface area is 164 Å². The monoisotopic (exact) mass is 406 g/mol. The second-order valence-electron chi connectivity index (χ2n) is 6.66. The number of benzene rings is 2. The minimum absolute atomic E-state index is 0.156. The molecule has 0 spiro atoms. The van der Waals surface area contributed by atoms with Crippen molar-refractivity contribution in [2.45, 2.75) is 30.6 Å². The van der Waals surface area contributed by atoms with E-state index in [2.05, 4.69) is 4.72 Å². The molecule has 1 saturated heterocycles. The number of methoxy groups -OCH3 is 1. The number of para-hydroxylation sites is 2. The minimum atomic E-state index is -4.25. The van der Waals surface area contributed by atoms with Gasteiger partial charge in [-0.3, -0.25) is 9.52 Å². The molecule has 1 N–H and O–H groups in total. The molecule has 6 nitrogen and oxygen atoms in total. The van der Waals surface area contributed by atoms with Gasteiger partial charge in [0, 0.05) is 18.7 Å². The molecule has 8 heteroatoms. The van der Waals surface area contributed by atoms with Crippen molar-refractivity contribution in [3.05, 3.63) is 53.8 Å². The maximum Gasteiger partial charge on any atom is 0.264 e. The Balaban J connectivity index is 1.90. The first-order valence-electron chi connectivity index (χ1n) is 9.17. The van der Waals surface area contributed by atoms with Gasteiger partial charge in [-0.2, -0.15) is 0 Å². The van der Waals surface area contributed by atoms with Crippen molar-refractivity contribution in [1.82, 2.24) is 4.90 Å². The zero-order valence-electron chi connectivity index (χ0n) is 15.7. The van der Waals surface area contributed by atoms with Crippen molar-refractivity contribution >= 4 is 21.6 Å². The van der Waals surface area contributed by atoms with Gasteiger partial charge in [0.15, 0.2) is 0 Å². The molecule has 0 atom stereocenters. The summed E-state index contributed by atoms with van der Waals surface area (Å²) in [4.78, 5) is 13.9. The fraction of sp³-hybridized carbons (Fsp3) is 0.350. The number of nitrogens with one attached hydrogen (secondary N) is 1. The van der Waals surface area contributed by atoms with Crippen LogP contribution in [0.1, 0.15) is 36.0 Å². The Morgan fingerprint density at radius 1 is 1.07 bits per heavy atom. The van der Waals surface area contributed by atoms with Gasteiger partial charge in [0.05, 0.1) is 12.8 Å². The Kier molecular flexibility index (Phi) is 6.18. The van der Waals surface area contributed by atoms with Gasteiger partial charge in [0.2, 0.25) is 0 Å². The van der Waals surface area contributed by atoms with E-state index in [-0.39, 0.29) is 17.2 Å². The van der Waals surface area contributed by atoms with Crippen molar-refractivity contribution in [1.29, 1.82) is 0 Å². The van der Waals surface area contributed by atoms with E-state index in [9.17, 15) is 17.6 Å². The van der Waals surface area contributed by atoms with E-state index in [1.165, 1.54) is 19.2 Å². The summed E-state index contributed by atoms with van der Waals surface area (Å²) in [6.07, 6.45) is 3.95. The van der Waals surface area contributed by atoms with E-state index >= 15 is 0 Å². The zero-order chi connectivity index (χ0) is 20.1. The molecular formula is C20H23FN2O4S. The van der Waals surface area contributed by atoms with Crippen LogP contribution >= 0.6 is 0 Å². The SMILES string of the molecule is COc1ccccc1NS(=O)(=O)c1cc(C(=O)N2CCCCCC2)ccc1F. The fourth-order valence-corrected chi connectivity index (χ4v) is 4.40. The summed E-state index contributed by atoms with van der Waals surface area (Å²) < 4.78 is 47.3. The highest BCUT2D eigenvalue weighted by atomic mass is 32.2. The minimum Gasteiger partial charge on any atom is -0.495 e. The van der Waals surface area contributed by atoms with Gasteiger partial charge in [-0.05, 0) is 43.2 Å². The smallest absolute Gasteiger partial charge is 0.264 e. The van der Waals surface area contributed by atoms with Gasteiger partial charge in [-0.15, -0.1) is 0 Å². The fourth-order valence-electron chi connectivity index (χ4n) is 3.23. The molecule has 2 aromatic rings. The van der Waals surface area contributed by atoms with Gasteiger partial charge in [-0.1, -0.05) is 25.0 Å². The third kappa shape index (κ3) is 4.44. The number of ether oxygens (including phenoxy) is 1. The number of sulfonamides is 1. The third-order valence-electron chi connectivity index (χ3n) is 4.71. The lowest BCUT2D eigenvalue weighted by Gasteiger charge is -2.20. The van der Waals surface area contributed by atoms with Gasteiger partial charge in [-0.25, -0.2) is 12.8 Å². The topological polar surface area (TPSA) is 75.7 Å². The molecule has 0 bridgehead atoms. The molecule has 150 valence electrons. The second kappa shape index (κ2) is 8.60. The van der Waals surface area contributed by atoms with Crippen LogP contribution in [-0.4, -0.2) is 39.4 Å². The number of hydrogen-bond acceptors (Lipinski definition) is 4. The van der Waals surface area contributed by atoms with Gasteiger partial charge in [0.1, 0.15) is 16.5 Å². The van der Waals surface area contributed by atoms with Crippen LogP contribution in [0, 0.1) is 5.82 Å². The van der Waals surface area contributed by atoms with E-state index in [1.54, 1.807) is 23.1 Å². The largest absolute Gasteiger partial charge is 0.495 e. The first-order valence-corrected chi connectivity index (χ1v) is 10.7. The molecule has 1 heterocycles. The summed E-state index contributed by atoms with van der Waals surface area (Å²) >= 11 is 0. The summed E-state index contributed by atoms with van der Waals surface area (Å²) in [5, 5.41) is 0. The van der Waals surface area contributed by atoms with Crippen LogP contribution in [0.5, 0.6) is 5.75 Å². The Bertz CT molecular complexity index is 954. The van der Waals surface area contributed by atoms with E-state index in [0.29, 0.717) is 18.8 Å². The molecule has 1 aliphatic rings. The standard InChI is InChI=1S/C20H23FN2O4S/c1-27-18-9-5-4-8-17(18)22-28(25,26)19-14-15(10-11-16(19)21)20(24)23-12-6-2-3-7-13-23/h4-5,8-11,14,22H,2-3,6-7,12-13H2,1H3. The number of anilines is 1. The Hall–Kier alpha value is -2.61. The molecule has 1 aliphatic heterocycles. The van der Waals surface area contributed by atoms with Crippen molar-refractivity contribution in [2.24, 2.45) is 0 Å². The second-order valence-corrected chi connectivity index (χ2v) is 8.31. The van der Waals surface area contributed by atoms with Crippen LogP contribution in [0.3, 0.4) is 0 Å². The van der Waals surface area contributed by atoms with Crippen LogP contribution in [0.4, 0.5) is 10.1 Å². The molecule has 28 heavy (non-hydrogen) atoms. The van der Waals surface area contributed by atoms with Gasteiger partial charge < -0.3 is 9.64 Å². The number of carbonyl (C=O) groups is 1. The summed E-state index contributed by atoms with van der Waals surface area (Å²) in [6.45, 7) is 1.25. The highest BCUT2D eigenvalue weighted by molar-refractivity contribution is 7.92. The molecule has 0 unspecified atom stereocenters. The van der Waals surface area contributed by atoms with Crippen molar-refractivity contribution in [2.75, 3.05) is 24.9 Å². The lowest BCUT2D eigenvalue weighted by atomic mass is 10.2. The van der Waals surface area contributed by atoms with E-state index in [4.69, 9.17) is 4.74 Å². The molecule has 0 aliphatic carbocycles. The first kappa shape index (κ1) is 20.1. The normalized spacial score (nSPS) is 15.0. The van der Waals surface area contributed by atoms with Gasteiger partial charge in [0.25, 0.3) is 15.9 Å². The van der Waals surface area contributed by atoms with Crippen LogP contribution < -0.4 is 9.46 Å². The molecule has 1 amide bonds. The maximum atomic E-state index is 14.3. The van der Waals surface area contributed by atoms with Crippen LogP contribution in [0.15, 0.2) is 47.4 Å². The highest BCUT2D eigenvalue weighted by Crippen LogP contribution is 2.27. The lowest BCUT2D eigenvalue weighted by Crippen LogP contribution is -2.32. The van der Waals surface area contributed by atoms with Gasteiger partial charge >= 0.3 is 0 Å². The predicted molar refractivity (Wildman–Crippen MR) is 105 cm³/mol. The number of halogens is 1. The number of hydrogen-bond donors (Lipinski definition) is 1. The number of amides is 1. The molecule has 1 fully saturated rings. The Morgan fingerprint density at radius 3 is 2.43 bits per heavy atom. The van der Waals surface area contributed by atoms with Crippen LogP contribution in [0.25, 0.3) is 0 Å². The predicted octanol–water partition coefficient (Wildman–Crippen LogP) is 3.65. The zero-order valence-corrected chi connectivity index (χ0v) is 16.5. The number of likely N-dealkylation sites (tertiary alicyclic amines) is 1. The Morgan fingerprint density at radius 2 is 1.75 bits per heavy atom. The average molecular weight is 406 g/mol. The van der Waals surface area contributed by atoms with Crippen molar-refractivity contribution in [3.63, 3.8) is 0 Å². The van der Waals surface area contributed by atoms with Crippen LogP contribution in [-0.2, 0) is 10.0 Å². The molecule has 0 saturated carbocycles. The summed E-state index contributed by atoms with van der Waals surface area (Å²) in [5.74, 6) is -0.895. The number of nitrogens with zero attached hydrogens (tertiary/aromatic N) is 1. The molecule has 0 aromatic heterocycles.